The Morgan fingerprint density at radius 2 is 2.04 bits per heavy atom. The number of hydrogen-bond acceptors (Lipinski definition) is 7. The van der Waals surface area contributed by atoms with Crippen molar-refractivity contribution in [3.8, 4) is 17.1 Å². The summed E-state index contributed by atoms with van der Waals surface area (Å²) < 4.78 is 0. The Kier molecular flexibility index (Phi) is 4.05. The van der Waals surface area contributed by atoms with Crippen molar-refractivity contribution < 1.29 is 5.11 Å². The molecule has 3 rings (SSSR count). The van der Waals surface area contributed by atoms with Gasteiger partial charge in [0.25, 0.3) is 0 Å². The van der Waals surface area contributed by atoms with E-state index in [0.717, 1.165) is 5.69 Å². The van der Waals surface area contributed by atoms with Crippen molar-refractivity contribution in [3.05, 3.63) is 41.9 Å². The molecule has 0 unspecified atom stereocenters. The zero-order valence-electron chi connectivity index (χ0n) is 12.6. The first-order chi connectivity index (χ1) is 11.1. The molecule has 0 saturated heterocycles. The molecule has 0 aliphatic carbocycles. The number of aromatic hydroxyl groups is 1. The summed E-state index contributed by atoms with van der Waals surface area (Å²) in [6.45, 7) is 2.50. The van der Waals surface area contributed by atoms with E-state index in [-0.39, 0.29) is 11.7 Å². The van der Waals surface area contributed by atoms with Crippen LogP contribution in [0.2, 0.25) is 0 Å². The maximum Gasteiger partial charge on any atom is 0.239 e. The van der Waals surface area contributed by atoms with Crippen molar-refractivity contribution in [1.82, 2.24) is 25.1 Å². The molecule has 23 heavy (non-hydrogen) atoms. The van der Waals surface area contributed by atoms with Gasteiger partial charge >= 0.3 is 0 Å². The first-order valence-electron chi connectivity index (χ1n) is 7.16. The third kappa shape index (κ3) is 3.54. The lowest BCUT2D eigenvalue weighted by Gasteiger charge is -2.09. The number of nitrogens with zero attached hydrogens (tertiary/aromatic N) is 4. The SMILES string of the molecule is Cc1cc(NCCc2nc(N)n[nH]2)nc(-c2ccccc2O)n1. The Labute approximate surface area is 132 Å². The van der Waals surface area contributed by atoms with Crippen LogP contribution < -0.4 is 11.1 Å². The second-order valence-electron chi connectivity index (χ2n) is 5.05. The van der Waals surface area contributed by atoms with Crippen LogP contribution in [0.5, 0.6) is 5.75 Å². The van der Waals surface area contributed by atoms with E-state index in [1.165, 1.54) is 0 Å². The number of benzene rings is 1. The molecular weight excluding hydrogens is 294 g/mol. The highest BCUT2D eigenvalue weighted by Crippen LogP contribution is 2.26. The highest BCUT2D eigenvalue weighted by molar-refractivity contribution is 5.64. The van der Waals surface area contributed by atoms with Gasteiger partial charge in [-0.05, 0) is 19.1 Å². The minimum atomic E-state index is 0.154. The summed E-state index contributed by atoms with van der Waals surface area (Å²) in [5, 5.41) is 19.7. The number of aryl methyl sites for hydroxylation is 1. The number of aromatic amines is 1. The van der Waals surface area contributed by atoms with E-state index in [2.05, 4.69) is 30.5 Å². The van der Waals surface area contributed by atoms with Gasteiger partial charge in [-0.15, -0.1) is 5.10 Å². The molecule has 0 radical (unpaired) electrons. The molecule has 1 aromatic carbocycles. The summed E-state index contributed by atoms with van der Waals surface area (Å²) in [6, 6.07) is 8.84. The van der Waals surface area contributed by atoms with Crippen molar-refractivity contribution in [3.63, 3.8) is 0 Å². The molecule has 2 heterocycles. The van der Waals surface area contributed by atoms with Crippen molar-refractivity contribution in [2.24, 2.45) is 0 Å². The van der Waals surface area contributed by atoms with Crippen molar-refractivity contribution >= 4 is 11.8 Å². The minimum Gasteiger partial charge on any atom is -0.507 e. The average Bonchev–Trinajstić information content (AvgIpc) is 2.93. The Morgan fingerprint density at radius 3 is 2.78 bits per heavy atom. The number of nitrogens with two attached hydrogens (primary N) is 1. The summed E-state index contributed by atoms with van der Waals surface area (Å²) in [7, 11) is 0. The van der Waals surface area contributed by atoms with Gasteiger partial charge in [0.2, 0.25) is 5.95 Å². The molecule has 0 aliphatic rings. The van der Waals surface area contributed by atoms with Crippen LogP contribution in [0, 0.1) is 6.92 Å². The molecule has 3 aromatic rings. The van der Waals surface area contributed by atoms with Crippen LogP contribution in [0.15, 0.2) is 30.3 Å². The molecule has 0 aliphatic heterocycles. The van der Waals surface area contributed by atoms with E-state index < -0.39 is 0 Å². The number of phenols is 1. The highest BCUT2D eigenvalue weighted by Gasteiger charge is 2.09. The smallest absolute Gasteiger partial charge is 0.239 e. The molecule has 2 aromatic heterocycles. The number of para-hydroxylation sites is 1. The molecule has 0 saturated carbocycles. The Bertz CT molecular complexity index is 815. The summed E-state index contributed by atoms with van der Waals surface area (Å²) in [6.07, 6.45) is 0.638. The second-order valence-corrected chi connectivity index (χ2v) is 5.05. The number of nitrogen functional groups attached to an aromatic ring is 1. The van der Waals surface area contributed by atoms with Gasteiger partial charge in [-0.1, -0.05) is 12.1 Å². The summed E-state index contributed by atoms with van der Waals surface area (Å²) in [4.78, 5) is 12.9. The quantitative estimate of drug-likeness (QED) is 0.562. The van der Waals surface area contributed by atoms with Crippen LogP contribution in [0.4, 0.5) is 11.8 Å². The van der Waals surface area contributed by atoms with Crippen molar-refractivity contribution in [2.75, 3.05) is 17.6 Å². The van der Waals surface area contributed by atoms with E-state index >= 15 is 0 Å². The predicted molar refractivity (Wildman–Crippen MR) is 86.9 cm³/mol. The fraction of sp³-hybridized carbons (Fsp3) is 0.200. The number of aromatic nitrogens is 5. The number of anilines is 2. The fourth-order valence-corrected chi connectivity index (χ4v) is 2.17. The molecule has 0 atom stereocenters. The predicted octanol–water partition coefficient (Wildman–Crippen LogP) is 1.51. The van der Waals surface area contributed by atoms with E-state index in [4.69, 9.17) is 5.73 Å². The third-order valence-electron chi connectivity index (χ3n) is 3.22. The van der Waals surface area contributed by atoms with Gasteiger partial charge in [0.05, 0.1) is 5.56 Å². The molecule has 0 amide bonds. The van der Waals surface area contributed by atoms with Crippen LogP contribution >= 0.6 is 0 Å². The zero-order chi connectivity index (χ0) is 16.2. The van der Waals surface area contributed by atoms with E-state index in [1.54, 1.807) is 18.2 Å². The van der Waals surface area contributed by atoms with Crippen molar-refractivity contribution in [1.29, 1.82) is 0 Å². The molecule has 8 nitrogen and oxygen atoms in total. The molecular formula is C15H17N7O. The number of nitrogens with one attached hydrogen (secondary N) is 2. The molecule has 5 N–H and O–H groups in total. The summed E-state index contributed by atoms with van der Waals surface area (Å²) in [5.74, 6) is 2.26. The van der Waals surface area contributed by atoms with Gasteiger partial charge in [0, 0.05) is 24.7 Å². The van der Waals surface area contributed by atoms with Crippen LogP contribution in [0.3, 0.4) is 0 Å². The van der Waals surface area contributed by atoms with E-state index in [0.29, 0.717) is 36.0 Å². The second kappa shape index (κ2) is 6.30. The van der Waals surface area contributed by atoms with Gasteiger partial charge in [-0.2, -0.15) is 4.98 Å². The van der Waals surface area contributed by atoms with Crippen molar-refractivity contribution in [2.45, 2.75) is 13.3 Å². The number of rotatable bonds is 5. The Hall–Kier alpha value is -3.16. The number of H-pyrrole nitrogens is 1. The van der Waals surface area contributed by atoms with Crippen LogP contribution in [-0.2, 0) is 6.42 Å². The first-order valence-corrected chi connectivity index (χ1v) is 7.16. The normalized spacial score (nSPS) is 10.7. The largest absolute Gasteiger partial charge is 0.507 e. The average molecular weight is 311 g/mol. The zero-order valence-corrected chi connectivity index (χ0v) is 12.6. The topological polar surface area (TPSA) is 126 Å². The molecule has 0 spiro atoms. The molecule has 8 heteroatoms. The summed E-state index contributed by atoms with van der Waals surface area (Å²) >= 11 is 0. The molecule has 0 fully saturated rings. The molecule has 118 valence electrons. The monoisotopic (exact) mass is 311 g/mol. The number of hydrogen-bond donors (Lipinski definition) is 4. The highest BCUT2D eigenvalue weighted by atomic mass is 16.3. The number of phenolic OH excluding ortho intramolecular Hbond substituents is 1. The maximum atomic E-state index is 9.94. The van der Waals surface area contributed by atoms with Gasteiger partial charge < -0.3 is 16.2 Å². The van der Waals surface area contributed by atoms with Crippen LogP contribution in [-0.4, -0.2) is 36.8 Å². The van der Waals surface area contributed by atoms with Gasteiger partial charge in [-0.3, -0.25) is 5.10 Å². The van der Waals surface area contributed by atoms with Crippen LogP contribution in [0.1, 0.15) is 11.5 Å². The van der Waals surface area contributed by atoms with E-state index in [9.17, 15) is 5.11 Å². The van der Waals surface area contributed by atoms with Crippen LogP contribution in [0.25, 0.3) is 11.4 Å². The lowest BCUT2D eigenvalue weighted by atomic mass is 10.2. The lowest BCUT2D eigenvalue weighted by molar-refractivity contribution is 0.477. The first kappa shape index (κ1) is 14.8. The van der Waals surface area contributed by atoms with Gasteiger partial charge in [-0.25, -0.2) is 9.97 Å². The Morgan fingerprint density at radius 1 is 1.22 bits per heavy atom. The molecule has 0 bridgehead atoms. The fourth-order valence-electron chi connectivity index (χ4n) is 2.17. The van der Waals surface area contributed by atoms with Gasteiger partial charge in [0.15, 0.2) is 5.82 Å². The lowest BCUT2D eigenvalue weighted by Crippen LogP contribution is -2.08. The summed E-state index contributed by atoms with van der Waals surface area (Å²) in [5.41, 5.74) is 6.87. The van der Waals surface area contributed by atoms with E-state index in [1.807, 2.05) is 19.1 Å². The maximum absolute atomic E-state index is 9.94. The Balaban J connectivity index is 1.74. The third-order valence-corrected chi connectivity index (χ3v) is 3.22. The van der Waals surface area contributed by atoms with Gasteiger partial charge in [0.1, 0.15) is 17.4 Å². The minimum absolute atomic E-state index is 0.154. The standard InChI is InChI=1S/C15H17N7O/c1-9-8-13(17-7-6-12-20-15(16)22-21-12)19-14(18-9)10-4-2-3-5-11(10)23/h2-5,8,23H,6-7H2,1H3,(H,17,18,19)(H3,16,20,21,22).